The predicted molar refractivity (Wildman–Crippen MR) is 68.5 cm³/mol. The normalized spacial score (nSPS) is 10.9. The lowest BCUT2D eigenvalue weighted by atomic mass is 10.1. The van der Waals surface area contributed by atoms with Crippen LogP contribution in [0, 0.1) is 5.92 Å². The third-order valence-electron chi connectivity index (χ3n) is 2.51. The Hall–Kier alpha value is -1.35. The first-order valence-electron chi connectivity index (χ1n) is 5.40. The zero-order valence-corrected chi connectivity index (χ0v) is 10.3. The standard InChI is InChI=1S/C13H15NOS/c1-9(2)13(15)14-8-10-3-4-11-5-6-16-12(11)7-10/h3-7,9H,8H2,1-2H3,(H,14,15). The van der Waals surface area contributed by atoms with E-state index in [4.69, 9.17) is 0 Å². The van der Waals surface area contributed by atoms with E-state index in [-0.39, 0.29) is 11.8 Å². The van der Waals surface area contributed by atoms with Crippen LogP contribution in [-0.4, -0.2) is 5.91 Å². The molecule has 0 saturated carbocycles. The monoisotopic (exact) mass is 233 g/mol. The van der Waals surface area contributed by atoms with Crippen LogP contribution in [0.2, 0.25) is 0 Å². The molecule has 0 aliphatic rings. The van der Waals surface area contributed by atoms with Crippen molar-refractivity contribution in [2.24, 2.45) is 5.92 Å². The van der Waals surface area contributed by atoms with Gasteiger partial charge in [0.2, 0.25) is 5.91 Å². The van der Waals surface area contributed by atoms with Crippen LogP contribution in [0.3, 0.4) is 0 Å². The molecular formula is C13H15NOS. The Morgan fingerprint density at radius 3 is 2.94 bits per heavy atom. The van der Waals surface area contributed by atoms with Crippen LogP contribution >= 0.6 is 11.3 Å². The predicted octanol–water partition coefficient (Wildman–Crippen LogP) is 3.17. The molecule has 84 valence electrons. The maximum absolute atomic E-state index is 11.4. The Labute approximate surface area is 99.3 Å². The van der Waals surface area contributed by atoms with E-state index in [1.165, 1.54) is 10.1 Å². The van der Waals surface area contributed by atoms with Crippen LogP contribution in [0.1, 0.15) is 19.4 Å². The van der Waals surface area contributed by atoms with Gasteiger partial charge < -0.3 is 5.32 Å². The fourth-order valence-corrected chi connectivity index (χ4v) is 2.36. The quantitative estimate of drug-likeness (QED) is 0.866. The van der Waals surface area contributed by atoms with E-state index in [1.807, 2.05) is 13.8 Å². The van der Waals surface area contributed by atoms with Crippen molar-refractivity contribution in [2.75, 3.05) is 0 Å². The van der Waals surface area contributed by atoms with Crippen LogP contribution in [0.5, 0.6) is 0 Å². The van der Waals surface area contributed by atoms with E-state index >= 15 is 0 Å². The van der Waals surface area contributed by atoms with E-state index < -0.39 is 0 Å². The van der Waals surface area contributed by atoms with Crippen molar-refractivity contribution < 1.29 is 4.79 Å². The molecule has 0 bridgehead atoms. The summed E-state index contributed by atoms with van der Waals surface area (Å²) in [6, 6.07) is 8.41. The first-order valence-corrected chi connectivity index (χ1v) is 6.28. The van der Waals surface area contributed by atoms with E-state index in [1.54, 1.807) is 11.3 Å². The number of thiophene rings is 1. The Balaban J connectivity index is 2.06. The van der Waals surface area contributed by atoms with Crippen molar-refractivity contribution in [3.05, 3.63) is 35.2 Å². The van der Waals surface area contributed by atoms with Gasteiger partial charge in [-0.05, 0) is 28.5 Å². The second-order valence-corrected chi connectivity index (χ2v) is 5.11. The van der Waals surface area contributed by atoms with Gasteiger partial charge in [0.15, 0.2) is 0 Å². The topological polar surface area (TPSA) is 29.1 Å². The lowest BCUT2D eigenvalue weighted by molar-refractivity contribution is -0.124. The van der Waals surface area contributed by atoms with Crippen LogP contribution in [-0.2, 0) is 11.3 Å². The first kappa shape index (κ1) is 11.1. The molecule has 0 atom stereocenters. The lowest BCUT2D eigenvalue weighted by Gasteiger charge is -2.07. The molecule has 0 unspecified atom stereocenters. The molecule has 1 aromatic carbocycles. The molecule has 2 rings (SSSR count). The molecular weight excluding hydrogens is 218 g/mol. The van der Waals surface area contributed by atoms with Gasteiger partial charge in [0.05, 0.1) is 0 Å². The molecule has 1 heterocycles. The summed E-state index contributed by atoms with van der Waals surface area (Å²) in [5.74, 6) is 0.150. The molecule has 0 aliphatic heterocycles. The van der Waals surface area contributed by atoms with Gasteiger partial charge in [-0.1, -0.05) is 26.0 Å². The third-order valence-corrected chi connectivity index (χ3v) is 3.39. The number of carbonyl (C=O) groups excluding carboxylic acids is 1. The van der Waals surface area contributed by atoms with E-state index in [0.717, 1.165) is 5.56 Å². The van der Waals surface area contributed by atoms with Gasteiger partial charge in [0, 0.05) is 17.2 Å². The minimum atomic E-state index is 0.0467. The molecule has 0 saturated heterocycles. The molecule has 0 spiro atoms. The van der Waals surface area contributed by atoms with Crippen LogP contribution < -0.4 is 5.32 Å². The van der Waals surface area contributed by atoms with Crippen molar-refractivity contribution in [2.45, 2.75) is 20.4 Å². The smallest absolute Gasteiger partial charge is 0.222 e. The summed E-state index contributed by atoms with van der Waals surface area (Å²) >= 11 is 1.73. The molecule has 16 heavy (non-hydrogen) atoms. The summed E-state index contributed by atoms with van der Waals surface area (Å²) in [6.45, 7) is 4.42. The molecule has 2 aromatic rings. The van der Waals surface area contributed by atoms with Gasteiger partial charge in [-0.2, -0.15) is 0 Å². The number of fused-ring (bicyclic) bond motifs is 1. The highest BCUT2D eigenvalue weighted by molar-refractivity contribution is 7.17. The maximum Gasteiger partial charge on any atom is 0.222 e. The highest BCUT2D eigenvalue weighted by Gasteiger charge is 2.06. The summed E-state index contributed by atoms with van der Waals surface area (Å²) < 4.78 is 1.27. The summed E-state index contributed by atoms with van der Waals surface area (Å²) in [7, 11) is 0. The minimum Gasteiger partial charge on any atom is -0.352 e. The Morgan fingerprint density at radius 1 is 1.38 bits per heavy atom. The van der Waals surface area contributed by atoms with Gasteiger partial charge >= 0.3 is 0 Å². The van der Waals surface area contributed by atoms with Crippen LogP contribution in [0.25, 0.3) is 10.1 Å². The summed E-state index contributed by atoms with van der Waals surface area (Å²) in [5, 5.41) is 6.27. The Kier molecular flexibility index (Phi) is 3.25. The molecule has 1 aromatic heterocycles. The molecule has 0 aliphatic carbocycles. The Bertz CT molecular complexity index is 501. The molecule has 2 nitrogen and oxygen atoms in total. The second-order valence-electron chi connectivity index (χ2n) is 4.17. The van der Waals surface area contributed by atoms with Crippen molar-refractivity contribution in [1.29, 1.82) is 0 Å². The largest absolute Gasteiger partial charge is 0.352 e. The lowest BCUT2D eigenvalue weighted by Crippen LogP contribution is -2.26. The highest BCUT2D eigenvalue weighted by atomic mass is 32.1. The second kappa shape index (κ2) is 4.66. The summed E-state index contributed by atoms with van der Waals surface area (Å²) in [4.78, 5) is 11.4. The zero-order chi connectivity index (χ0) is 11.5. The molecule has 3 heteroatoms. The van der Waals surface area contributed by atoms with Gasteiger partial charge in [-0.15, -0.1) is 11.3 Å². The number of amides is 1. The highest BCUT2D eigenvalue weighted by Crippen LogP contribution is 2.21. The maximum atomic E-state index is 11.4. The summed E-state index contributed by atoms with van der Waals surface area (Å²) in [5.41, 5.74) is 1.16. The zero-order valence-electron chi connectivity index (χ0n) is 9.49. The Morgan fingerprint density at radius 2 is 2.19 bits per heavy atom. The average molecular weight is 233 g/mol. The molecule has 0 radical (unpaired) electrons. The first-order chi connectivity index (χ1) is 7.66. The van der Waals surface area contributed by atoms with Crippen molar-refractivity contribution in [3.63, 3.8) is 0 Å². The number of benzene rings is 1. The molecule has 1 N–H and O–H groups in total. The van der Waals surface area contributed by atoms with Gasteiger partial charge in [0.25, 0.3) is 0 Å². The van der Waals surface area contributed by atoms with Crippen molar-refractivity contribution in [3.8, 4) is 0 Å². The van der Waals surface area contributed by atoms with E-state index in [0.29, 0.717) is 6.54 Å². The minimum absolute atomic E-state index is 0.0467. The average Bonchev–Trinajstić information content (AvgIpc) is 2.72. The fraction of sp³-hybridized carbons (Fsp3) is 0.308. The van der Waals surface area contributed by atoms with Gasteiger partial charge in [-0.3, -0.25) is 4.79 Å². The fourth-order valence-electron chi connectivity index (χ4n) is 1.50. The number of hydrogen-bond donors (Lipinski definition) is 1. The van der Waals surface area contributed by atoms with Crippen LogP contribution in [0.4, 0.5) is 0 Å². The third kappa shape index (κ3) is 2.42. The van der Waals surface area contributed by atoms with Crippen LogP contribution in [0.15, 0.2) is 29.6 Å². The number of rotatable bonds is 3. The van der Waals surface area contributed by atoms with Gasteiger partial charge in [-0.25, -0.2) is 0 Å². The number of nitrogens with one attached hydrogen (secondary N) is 1. The van der Waals surface area contributed by atoms with Crippen molar-refractivity contribution in [1.82, 2.24) is 5.32 Å². The van der Waals surface area contributed by atoms with E-state index in [2.05, 4.69) is 35.0 Å². The molecule has 1 amide bonds. The molecule has 0 fully saturated rings. The number of hydrogen-bond acceptors (Lipinski definition) is 2. The van der Waals surface area contributed by atoms with Crippen molar-refractivity contribution >= 4 is 27.3 Å². The van der Waals surface area contributed by atoms with E-state index in [9.17, 15) is 4.79 Å². The SMILES string of the molecule is CC(C)C(=O)NCc1ccc2ccsc2c1. The van der Waals surface area contributed by atoms with Gasteiger partial charge in [0.1, 0.15) is 0 Å². The summed E-state index contributed by atoms with van der Waals surface area (Å²) in [6.07, 6.45) is 0. The number of carbonyl (C=O) groups is 1.